The van der Waals surface area contributed by atoms with Gasteiger partial charge in [-0.05, 0) is 62.8 Å². The molecule has 0 radical (unpaired) electrons. The van der Waals surface area contributed by atoms with Gasteiger partial charge in [-0.3, -0.25) is 0 Å². The molecule has 2 N–H and O–H groups in total. The second kappa shape index (κ2) is 8.02. The van der Waals surface area contributed by atoms with Crippen LogP contribution in [0.3, 0.4) is 0 Å². The van der Waals surface area contributed by atoms with E-state index in [4.69, 9.17) is 33.9 Å². The van der Waals surface area contributed by atoms with E-state index in [1.54, 1.807) is 6.07 Å². The van der Waals surface area contributed by atoms with Crippen LogP contribution < -0.4 is 5.73 Å². The van der Waals surface area contributed by atoms with Crippen LogP contribution in [-0.2, 0) is 22.8 Å². The Kier molecular flexibility index (Phi) is 5.72. The Morgan fingerprint density at radius 1 is 1.20 bits per heavy atom. The fourth-order valence-electron chi connectivity index (χ4n) is 3.77. The molecular weight excluding hydrogens is 443 g/mol. The van der Waals surface area contributed by atoms with E-state index in [0.29, 0.717) is 35.2 Å². The molecule has 0 amide bonds. The number of anilines is 1. The average Bonchev–Trinajstić information content (AvgIpc) is 3.40. The molecule has 3 aromatic rings. The van der Waals surface area contributed by atoms with Crippen molar-refractivity contribution in [2.75, 3.05) is 11.5 Å². The zero-order valence-electron chi connectivity index (χ0n) is 17.0. The van der Waals surface area contributed by atoms with Crippen molar-refractivity contribution < 1.29 is 8.42 Å². The van der Waals surface area contributed by atoms with Gasteiger partial charge in [-0.15, -0.1) is 0 Å². The minimum Gasteiger partial charge on any atom is -0.382 e. The summed E-state index contributed by atoms with van der Waals surface area (Å²) in [5.74, 6) is 2.00. The normalized spacial score (nSPS) is 14.5. The van der Waals surface area contributed by atoms with Crippen LogP contribution >= 0.6 is 23.2 Å². The number of fused-ring (bicyclic) bond motifs is 1. The third-order valence-corrected chi connectivity index (χ3v) is 8.18. The lowest BCUT2D eigenvalue weighted by Gasteiger charge is -2.12. The van der Waals surface area contributed by atoms with E-state index in [9.17, 15) is 8.42 Å². The molecule has 1 saturated carbocycles. The summed E-state index contributed by atoms with van der Waals surface area (Å²) < 4.78 is 27.8. The fourth-order valence-corrected chi connectivity index (χ4v) is 5.90. The molecule has 1 aliphatic carbocycles. The van der Waals surface area contributed by atoms with Gasteiger partial charge in [0.15, 0.2) is 15.7 Å². The van der Waals surface area contributed by atoms with E-state index in [1.807, 2.05) is 13.8 Å². The number of aryl methyl sites for hydroxylation is 3. The molecule has 1 aliphatic rings. The van der Waals surface area contributed by atoms with E-state index in [2.05, 4.69) is 9.55 Å². The summed E-state index contributed by atoms with van der Waals surface area (Å²) in [4.78, 5) is 9.30. The Bertz CT molecular complexity index is 1230. The van der Waals surface area contributed by atoms with E-state index >= 15 is 0 Å². The smallest absolute Gasteiger partial charge is 0.179 e. The number of rotatable bonds is 7. The Morgan fingerprint density at radius 2 is 1.93 bits per heavy atom. The molecule has 2 heterocycles. The maximum atomic E-state index is 12.8. The third-order valence-electron chi connectivity index (χ3n) is 5.67. The molecule has 9 heteroatoms. The maximum Gasteiger partial charge on any atom is 0.179 e. The fraction of sp³-hybridized carbons (Fsp3) is 0.429. The molecule has 0 spiro atoms. The van der Waals surface area contributed by atoms with Crippen molar-refractivity contribution in [1.29, 1.82) is 0 Å². The summed E-state index contributed by atoms with van der Waals surface area (Å²) in [7, 11) is -3.53. The van der Waals surface area contributed by atoms with Crippen molar-refractivity contribution in [2.24, 2.45) is 5.92 Å². The quantitative estimate of drug-likeness (QED) is 0.541. The van der Waals surface area contributed by atoms with Crippen LogP contribution in [-0.4, -0.2) is 28.7 Å². The Labute approximate surface area is 186 Å². The van der Waals surface area contributed by atoms with Gasteiger partial charge in [0.1, 0.15) is 11.3 Å². The van der Waals surface area contributed by atoms with Crippen LogP contribution in [0.5, 0.6) is 0 Å². The SMILES string of the molecule is Cc1nc(N)c2nc(CC3CC3)n(CCCS(=O)(=O)c3ccc(Cl)cc3Cl)c2c1C. The van der Waals surface area contributed by atoms with E-state index in [-0.39, 0.29) is 15.7 Å². The topological polar surface area (TPSA) is 90.9 Å². The number of sulfone groups is 1. The number of pyridine rings is 1. The van der Waals surface area contributed by atoms with Crippen LogP contribution in [0.1, 0.15) is 36.3 Å². The Morgan fingerprint density at radius 3 is 2.60 bits per heavy atom. The lowest BCUT2D eigenvalue weighted by atomic mass is 10.2. The first-order chi connectivity index (χ1) is 14.2. The highest BCUT2D eigenvalue weighted by atomic mass is 35.5. The first-order valence-corrected chi connectivity index (χ1v) is 12.4. The highest BCUT2D eigenvalue weighted by molar-refractivity contribution is 7.91. The van der Waals surface area contributed by atoms with Crippen LogP contribution in [0.2, 0.25) is 10.0 Å². The number of benzene rings is 1. The van der Waals surface area contributed by atoms with Crippen LogP contribution in [0.4, 0.5) is 5.82 Å². The molecule has 0 saturated heterocycles. The minimum absolute atomic E-state index is 0.0184. The van der Waals surface area contributed by atoms with Crippen LogP contribution in [0, 0.1) is 19.8 Å². The zero-order chi connectivity index (χ0) is 21.6. The molecule has 2 aromatic heterocycles. The number of hydrogen-bond acceptors (Lipinski definition) is 5. The molecule has 0 atom stereocenters. The Hall–Kier alpha value is -1.83. The van der Waals surface area contributed by atoms with Gasteiger partial charge in [-0.1, -0.05) is 23.2 Å². The van der Waals surface area contributed by atoms with Gasteiger partial charge >= 0.3 is 0 Å². The number of nitrogens with zero attached hydrogens (tertiary/aromatic N) is 3. The lowest BCUT2D eigenvalue weighted by Crippen LogP contribution is -2.13. The largest absolute Gasteiger partial charge is 0.382 e. The molecule has 1 aromatic carbocycles. The lowest BCUT2D eigenvalue weighted by molar-refractivity contribution is 0.582. The second-order valence-corrected chi connectivity index (χ2v) is 10.9. The second-order valence-electron chi connectivity index (χ2n) is 7.98. The number of aromatic nitrogens is 3. The molecule has 1 fully saturated rings. The molecule has 0 unspecified atom stereocenters. The highest BCUT2D eigenvalue weighted by Gasteiger charge is 2.26. The van der Waals surface area contributed by atoms with E-state index in [1.165, 1.54) is 25.0 Å². The summed E-state index contributed by atoms with van der Waals surface area (Å²) >= 11 is 12.0. The van der Waals surface area contributed by atoms with Crippen molar-refractivity contribution in [3.63, 3.8) is 0 Å². The van der Waals surface area contributed by atoms with E-state index in [0.717, 1.165) is 29.0 Å². The van der Waals surface area contributed by atoms with Gasteiger partial charge < -0.3 is 10.3 Å². The maximum absolute atomic E-state index is 12.8. The summed E-state index contributed by atoms with van der Waals surface area (Å²) in [6.45, 7) is 4.47. The predicted octanol–water partition coefficient (Wildman–Crippen LogP) is 4.75. The number of imidazole rings is 1. The standard InChI is InChI=1S/C21H24Cl2N4O2S/c1-12-13(2)25-21(24)19-20(12)27(18(26-19)10-14-4-5-14)8-3-9-30(28,29)17-7-6-15(22)11-16(17)23/h6-7,11,14H,3-5,8-10H2,1-2H3,(H2,24,25). The van der Waals surface area contributed by atoms with Crippen molar-refractivity contribution in [1.82, 2.24) is 14.5 Å². The number of halogens is 2. The van der Waals surface area contributed by atoms with Gasteiger partial charge in [0.05, 0.1) is 21.2 Å². The number of nitrogens with two attached hydrogens (primary N) is 1. The molecule has 0 aliphatic heterocycles. The molecular formula is C21H24Cl2N4O2S. The first kappa shape index (κ1) is 21.4. The summed E-state index contributed by atoms with van der Waals surface area (Å²) in [6, 6.07) is 4.46. The molecule has 160 valence electrons. The molecule has 0 bridgehead atoms. The minimum atomic E-state index is -3.53. The monoisotopic (exact) mass is 466 g/mol. The molecule has 6 nitrogen and oxygen atoms in total. The van der Waals surface area contributed by atoms with Gasteiger partial charge in [-0.25, -0.2) is 18.4 Å². The summed E-state index contributed by atoms with van der Waals surface area (Å²) in [6.07, 6.45) is 3.73. The van der Waals surface area contributed by atoms with Gasteiger partial charge in [0, 0.05) is 23.7 Å². The van der Waals surface area contributed by atoms with Crippen molar-refractivity contribution in [3.05, 3.63) is 45.3 Å². The summed E-state index contributed by atoms with van der Waals surface area (Å²) in [5.41, 5.74) is 9.70. The Balaban J connectivity index is 1.63. The number of nitrogen functional groups attached to an aromatic ring is 1. The van der Waals surface area contributed by atoms with E-state index < -0.39 is 9.84 Å². The predicted molar refractivity (Wildman–Crippen MR) is 121 cm³/mol. The van der Waals surface area contributed by atoms with Crippen molar-refractivity contribution >= 4 is 49.9 Å². The van der Waals surface area contributed by atoms with Crippen molar-refractivity contribution in [3.8, 4) is 0 Å². The van der Waals surface area contributed by atoms with Gasteiger partial charge in [0.25, 0.3) is 0 Å². The summed E-state index contributed by atoms with van der Waals surface area (Å²) in [5, 5.41) is 0.556. The van der Waals surface area contributed by atoms with Gasteiger partial charge in [-0.2, -0.15) is 0 Å². The number of hydrogen-bond donors (Lipinski definition) is 1. The van der Waals surface area contributed by atoms with Crippen LogP contribution in [0.25, 0.3) is 11.0 Å². The third kappa shape index (κ3) is 4.15. The van der Waals surface area contributed by atoms with Gasteiger partial charge in [0.2, 0.25) is 0 Å². The van der Waals surface area contributed by atoms with Crippen molar-refractivity contribution in [2.45, 2.75) is 51.0 Å². The highest BCUT2D eigenvalue weighted by Crippen LogP contribution is 2.35. The first-order valence-electron chi connectivity index (χ1n) is 9.97. The van der Waals surface area contributed by atoms with Crippen LogP contribution in [0.15, 0.2) is 23.1 Å². The molecule has 4 rings (SSSR count). The average molecular weight is 467 g/mol. The molecule has 30 heavy (non-hydrogen) atoms. The zero-order valence-corrected chi connectivity index (χ0v) is 19.3.